The van der Waals surface area contributed by atoms with E-state index in [9.17, 15) is 0 Å². The SMILES string of the molecule is OCCOc1ccc(CNCc2cccnc2)cc1. The maximum Gasteiger partial charge on any atom is 0.119 e. The summed E-state index contributed by atoms with van der Waals surface area (Å²) in [5.74, 6) is 0.782. The van der Waals surface area contributed by atoms with E-state index < -0.39 is 0 Å². The van der Waals surface area contributed by atoms with Crippen molar-refractivity contribution < 1.29 is 9.84 Å². The molecule has 0 bridgehead atoms. The molecule has 1 heterocycles. The minimum absolute atomic E-state index is 0.0361. The first-order chi connectivity index (χ1) is 9.38. The lowest BCUT2D eigenvalue weighted by Gasteiger charge is -2.07. The van der Waals surface area contributed by atoms with Gasteiger partial charge in [0.2, 0.25) is 0 Å². The van der Waals surface area contributed by atoms with Crippen molar-refractivity contribution in [2.24, 2.45) is 0 Å². The van der Waals surface area contributed by atoms with E-state index in [0.717, 1.165) is 18.8 Å². The molecule has 0 radical (unpaired) electrons. The fourth-order valence-electron chi connectivity index (χ4n) is 1.72. The molecule has 4 nitrogen and oxygen atoms in total. The Morgan fingerprint density at radius 2 is 1.84 bits per heavy atom. The topological polar surface area (TPSA) is 54.4 Å². The van der Waals surface area contributed by atoms with Crippen LogP contribution >= 0.6 is 0 Å². The Hall–Kier alpha value is -1.91. The second-order valence-corrected chi connectivity index (χ2v) is 4.18. The minimum Gasteiger partial charge on any atom is -0.491 e. The normalized spacial score (nSPS) is 10.4. The molecule has 2 N–H and O–H groups in total. The minimum atomic E-state index is 0.0361. The Bertz CT molecular complexity index is 471. The molecule has 0 spiro atoms. The van der Waals surface area contributed by atoms with E-state index in [1.165, 1.54) is 11.1 Å². The van der Waals surface area contributed by atoms with Crippen molar-refractivity contribution in [1.29, 1.82) is 0 Å². The van der Waals surface area contributed by atoms with Crippen molar-refractivity contribution in [3.8, 4) is 5.75 Å². The van der Waals surface area contributed by atoms with Gasteiger partial charge in [-0.15, -0.1) is 0 Å². The number of aliphatic hydroxyl groups is 1. The molecule has 0 aliphatic carbocycles. The van der Waals surface area contributed by atoms with Crippen LogP contribution in [0.1, 0.15) is 11.1 Å². The largest absolute Gasteiger partial charge is 0.491 e. The summed E-state index contributed by atoms with van der Waals surface area (Å²) >= 11 is 0. The highest BCUT2D eigenvalue weighted by Crippen LogP contribution is 2.12. The maximum atomic E-state index is 8.67. The van der Waals surface area contributed by atoms with Crippen molar-refractivity contribution in [3.63, 3.8) is 0 Å². The molecule has 0 fully saturated rings. The third-order valence-electron chi connectivity index (χ3n) is 2.66. The summed E-state index contributed by atoms with van der Waals surface area (Å²) in [6, 6.07) is 11.8. The predicted molar refractivity (Wildman–Crippen MR) is 73.8 cm³/mol. The molecule has 0 saturated heterocycles. The van der Waals surface area contributed by atoms with Crippen molar-refractivity contribution >= 4 is 0 Å². The number of pyridine rings is 1. The highest BCUT2D eigenvalue weighted by Gasteiger charge is 1.96. The predicted octanol–water partition coefficient (Wildman–Crippen LogP) is 1.74. The molecule has 0 aliphatic heterocycles. The molecule has 0 unspecified atom stereocenters. The Morgan fingerprint density at radius 1 is 1.05 bits per heavy atom. The number of ether oxygens (including phenoxy) is 1. The molecular formula is C15H18N2O2. The second kappa shape index (κ2) is 7.51. The number of nitrogens with zero attached hydrogens (tertiary/aromatic N) is 1. The number of benzene rings is 1. The van der Waals surface area contributed by atoms with Gasteiger partial charge in [-0.2, -0.15) is 0 Å². The van der Waals surface area contributed by atoms with Crippen LogP contribution < -0.4 is 10.1 Å². The van der Waals surface area contributed by atoms with Crippen LogP contribution in [0.4, 0.5) is 0 Å². The van der Waals surface area contributed by atoms with Crippen molar-refractivity contribution in [1.82, 2.24) is 10.3 Å². The maximum absolute atomic E-state index is 8.67. The monoisotopic (exact) mass is 258 g/mol. The quantitative estimate of drug-likeness (QED) is 0.794. The fraction of sp³-hybridized carbons (Fsp3) is 0.267. The molecule has 100 valence electrons. The number of nitrogens with one attached hydrogen (secondary N) is 1. The molecule has 2 aromatic rings. The molecule has 0 saturated carbocycles. The van der Waals surface area contributed by atoms with Crippen LogP contribution in [0.2, 0.25) is 0 Å². The number of aliphatic hydroxyl groups excluding tert-OH is 1. The van der Waals surface area contributed by atoms with E-state index >= 15 is 0 Å². The number of aromatic nitrogens is 1. The Balaban J connectivity index is 1.77. The van der Waals surface area contributed by atoms with Crippen LogP contribution in [0.25, 0.3) is 0 Å². The lowest BCUT2D eigenvalue weighted by Crippen LogP contribution is -2.12. The third kappa shape index (κ3) is 4.69. The zero-order chi connectivity index (χ0) is 13.3. The van der Waals surface area contributed by atoms with Crippen molar-refractivity contribution in [3.05, 3.63) is 59.9 Å². The Kier molecular flexibility index (Phi) is 5.34. The first-order valence-electron chi connectivity index (χ1n) is 6.31. The molecular weight excluding hydrogens is 240 g/mol. The van der Waals surface area contributed by atoms with Gasteiger partial charge in [-0.1, -0.05) is 18.2 Å². The third-order valence-corrected chi connectivity index (χ3v) is 2.66. The van der Waals surface area contributed by atoms with Gasteiger partial charge < -0.3 is 15.2 Å². The zero-order valence-electron chi connectivity index (χ0n) is 10.7. The highest BCUT2D eigenvalue weighted by atomic mass is 16.5. The fourth-order valence-corrected chi connectivity index (χ4v) is 1.72. The van der Waals surface area contributed by atoms with E-state index in [2.05, 4.69) is 10.3 Å². The Morgan fingerprint density at radius 3 is 2.53 bits per heavy atom. The van der Waals surface area contributed by atoms with Gasteiger partial charge in [0.1, 0.15) is 12.4 Å². The summed E-state index contributed by atoms with van der Waals surface area (Å²) in [6.45, 7) is 1.97. The van der Waals surface area contributed by atoms with Gasteiger partial charge in [0, 0.05) is 25.5 Å². The van der Waals surface area contributed by atoms with Crippen LogP contribution in [0.5, 0.6) is 5.75 Å². The van der Waals surface area contributed by atoms with E-state index in [4.69, 9.17) is 9.84 Å². The number of hydrogen-bond donors (Lipinski definition) is 2. The average molecular weight is 258 g/mol. The van der Waals surface area contributed by atoms with Gasteiger partial charge in [0.15, 0.2) is 0 Å². The van der Waals surface area contributed by atoms with E-state index in [0.29, 0.717) is 6.61 Å². The van der Waals surface area contributed by atoms with E-state index in [-0.39, 0.29) is 6.61 Å². The first kappa shape index (κ1) is 13.5. The summed E-state index contributed by atoms with van der Waals surface area (Å²) in [4.78, 5) is 4.07. The summed E-state index contributed by atoms with van der Waals surface area (Å²) in [5.41, 5.74) is 2.37. The molecule has 4 heteroatoms. The smallest absolute Gasteiger partial charge is 0.119 e. The van der Waals surface area contributed by atoms with Gasteiger partial charge in [-0.25, -0.2) is 0 Å². The van der Waals surface area contributed by atoms with Gasteiger partial charge >= 0.3 is 0 Å². The lowest BCUT2D eigenvalue weighted by molar-refractivity contribution is 0.201. The van der Waals surface area contributed by atoms with Crippen LogP contribution in [0, 0.1) is 0 Å². The van der Waals surface area contributed by atoms with E-state index in [1.807, 2.05) is 42.6 Å². The average Bonchev–Trinajstić information content (AvgIpc) is 2.47. The molecule has 1 aromatic carbocycles. The number of rotatable bonds is 7. The van der Waals surface area contributed by atoms with Crippen LogP contribution in [-0.2, 0) is 13.1 Å². The van der Waals surface area contributed by atoms with E-state index in [1.54, 1.807) is 6.20 Å². The summed E-state index contributed by atoms with van der Waals surface area (Å²) < 4.78 is 5.31. The zero-order valence-corrected chi connectivity index (χ0v) is 10.7. The lowest BCUT2D eigenvalue weighted by atomic mass is 10.2. The molecule has 0 atom stereocenters. The molecule has 19 heavy (non-hydrogen) atoms. The summed E-state index contributed by atoms with van der Waals surface area (Å²) in [7, 11) is 0. The standard InChI is InChI=1S/C15H18N2O2/c18-8-9-19-15-5-3-13(4-6-15)10-17-12-14-2-1-7-16-11-14/h1-7,11,17-18H,8-10,12H2. The van der Waals surface area contributed by atoms with Crippen molar-refractivity contribution in [2.75, 3.05) is 13.2 Å². The number of hydrogen-bond acceptors (Lipinski definition) is 4. The second-order valence-electron chi connectivity index (χ2n) is 4.18. The molecule has 0 amide bonds. The van der Waals surface area contributed by atoms with Gasteiger partial charge in [0.05, 0.1) is 6.61 Å². The molecule has 0 aliphatic rings. The van der Waals surface area contributed by atoms with Gasteiger partial charge in [0.25, 0.3) is 0 Å². The highest BCUT2D eigenvalue weighted by molar-refractivity contribution is 5.27. The molecule has 2 rings (SSSR count). The van der Waals surface area contributed by atoms with Crippen molar-refractivity contribution in [2.45, 2.75) is 13.1 Å². The van der Waals surface area contributed by atoms with Crippen LogP contribution in [-0.4, -0.2) is 23.3 Å². The van der Waals surface area contributed by atoms with Gasteiger partial charge in [-0.3, -0.25) is 4.98 Å². The van der Waals surface area contributed by atoms with Crippen LogP contribution in [0.3, 0.4) is 0 Å². The summed E-state index contributed by atoms with van der Waals surface area (Å²) in [5, 5.41) is 12.0. The Labute approximate surface area is 113 Å². The van der Waals surface area contributed by atoms with Gasteiger partial charge in [-0.05, 0) is 29.3 Å². The van der Waals surface area contributed by atoms with Crippen LogP contribution in [0.15, 0.2) is 48.8 Å². The first-order valence-corrected chi connectivity index (χ1v) is 6.31. The molecule has 1 aromatic heterocycles. The summed E-state index contributed by atoms with van der Waals surface area (Å²) in [6.07, 6.45) is 3.63.